The molecule has 44 heavy (non-hydrogen) atoms. The molecular formula is C33H27NO10. The Labute approximate surface area is 250 Å². The number of methoxy groups -OCH3 is 4. The Morgan fingerprint density at radius 1 is 0.659 bits per heavy atom. The molecule has 0 spiro atoms. The van der Waals surface area contributed by atoms with Crippen LogP contribution in [-0.4, -0.2) is 44.8 Å². The van der Waals surface area contributed by atoms with E-state index >= 15 is 0 Å². The smallest absolute Gasteiger partial charge is 0.361 e. The van der Waals surface area contributed by atoms with Gasteiger partial charge in [0, 0.05) is 47.8 Å². The second kappa shape index (κ2) is 10.8. The first-order valence-electron chi connectivity index (χ1n) is 13.4. The topological polar surface area (TPSA) is 124 Å². The zero-order valence-corrected chi connectivity index (χ0v) is 24.7. The van der Waals surface area contributed by atoms with Crippen molar-refractivity contribution in [3.8, 4) is 45.6 Å². The Balaban J connectivity index is 1.85. The maximum absolute atomic E-state index is 13.7. The van der Waals surface area contributed by atoms with Crippen LogP contribution in [0.4, 0.5) is 0 Å². The Morgan fingerprint density at radius 3 is 1.86 bits per heavy atom. The number of ether oxygens (including phenoxy) is 6. The number of aromatic nitrogens is 1. The average molecular weight is 598 g/mol. The Morgan fingerprint density at radius 2 is 1.25 bits per heavy atom. The van der Waals surface area contributed by atoms with Crippen LogP contribution >= 0.6 is 0 Å². The van der Waals surface area contributed by atoms with E-state index < -0.39 is 17.6 Å². The molecule has 0 saturated heterocycles. The lowest BCUT2D eigenvalue weighted by Crippen LogP contribution is -2.05. The molecule has 0 bridgehead atoms. The minimum atomic E-state index is -0.615. The van der Waals surface area contributed by atoms with E-state index in [0.29, 0.717) is 50.1 Å². The summed E-state index contributed by atoms with van der Waals surface area (Å²) in [5.41, 5.74) is 1.88. The van der Waals surface area contributed by atoms with Crippen molar-refractivity contribution in [2.24, 2.45) is 0 Å². The van der Waals surface area contributed by atoms with E-state index in [9.17, 15) is 14.4 Å². The highest BCUT2D eigenvalue weighted by atomic mass is 16.6. The summed E-state index contributed by atoms with van der Waals surface area (Å²) in [6.07, 6.45) is 1.75. The van der Waals surface area contributed by atoms with Gasteiger partial charge in [-0.2, -0.15) is 0 Å². The number of benzene rings is 3. The summed E-state index contributed by atoms with van der Waals surface area (Å²) < 4.78 is 40.6. The highest BCUT2D eigenvalue weighted by Gasteiger charge is 2.25. The molecule has 0 aliphatic carbocycles. The lowest BCUT2D eigenvalue weighted by Gasteiger charge is -2.13. The van der Waals surface area contributed by atoms with Crippen LogP contribution in [0.3, 0.4) is 0 Å². The van der Waals surface area contributed by atoms with Crippen molar-refractivity contribution < 1.29 is 42.4 Å². The van der Waals surface area contributed by atoms with Gasteiger partial charge in [-0.15, -0.1) is 0 Å². The third-order valence-electron chi connectivity index (χ3n) is 7.31. The molecule has 3 aromatic heterocycles. The van der Waals surface area contributed by atoms with Crippen molar-refractivity contribution in [2.75, 3.05) is 28.4 Å². The summed E-state index contributed by atoms with van der Waals surface area (Å²) in [5, 5.41) is 2.53. The van der Waals surface area contributed by atoms with Gasteiger partial charge >= 0.3 is 17.6 Å². The molecule has 0 saturated carbocycles. The van der Waals surface area contributed by atoms with Gasteiger partial charge in [-0.25, -0.2) is 4.79 Å². The van der Waals surface area contributed by atoms with Crippen LogP contribution in [-0.2, 0) is 9.59 Å². The third-order valence-corrected chi connectivity index (χ3v) is 7.31. The molecule has 0 radical (unpaired) electrons. The molecule has 0 amide bonds. The predicted octanol–water partition coefficient (Wildman–Crippen LogP) is 5.90. The maximum atomic E-state index is 13.7. The Hall–Kier alpha value is -5.71. The number of carbonyl (C=O) groups excluding carboxylic acids is 2. The first-order valence-corrected chi connectivity index (χ1v) is 13.4. The van der Waals surface area contributed by atoms with E-state index in [4.69, 9.17) is 32.8 Å². The predicted molar refractivity (Wildman–Crippen MR) is 163 cm³/mol. The van der Waals surface area contributed by atoms with Crippen LogP contribution in [0, 0.1) is 0 Å². The molecule has 0 N–H and O–H groups in total. The lowest BCUT2D eigenvalue weighted by atomic mass is 9.98. The summed E-state index contributed by atoms with van der Waals surface area (Å²) in [4.78, 5) is 37.3. The van der Waals surface area contributed by atoms with E-state index in [1.54, 1.807) is 55.1 Å². The number of nitrogens with zero attached hydrogens (tertiary/aromatic N) is 1. The first kappa shape index (κ1) is 28.4. The van der Waals surface area contributed by atoms with E-state index in [-0.39, 0.29) is 28.3 Å². The number of hydrogen-bond donors (Lipinski definition) is 0. The van der Waals surface area contributed by atoms with Gasteiger partial charge in [0.2, 0.25) is 0 Å². The monoisotopic (exact) mass is 597 g/mol. The van der Waals surface area contributed by atoms with Crippen LogP contribution in [0.1, 0.15) is 13.8 Å². The van der Waals surface area contributed by atoms with Crippen molar-refractivity contribution in [2.45, 2.75) is 13.8 Å². The largest absolute Gasteiger partial charge is 0.493 e. The second-order valence-corrected chi connectivity index (χ2v) is 9.87. The fourth-order valence-electron chi connectivity index (χ4n) is 5.57. The highest BCUT2D eigenvalue weighted by molar-refractivity contribution is 6.22. The fraction of sp³-hybridized carbons (Fsp3) is 0.182. The first-order chi connectivity index (χ1) is 21.2. The van der Waals surface area contributed by atoms with Gasteiger partial charge in [0.15, 0.2) is 34.5 Å². The van der Waals surface area contributed by atoms with Crippen molar-refractivity contribution in [3.63, 3.8) is 0 Å². The van der Waals surface area contributed by atoms with Gasteiger partial charge in [0.25, 0.3) is 0 Å². The van der Waals surface area contributed by atoms with Crippen LogP contribution < -0.4 is 34.0 Å². The summed E-state index contributed by atoms with van der Waals surface area (Å²) in [6.45, 7) is 2.58. The van der Waals surface area contributed by atoms with Crippen molar-refractivity contribution >= 4 is 50.1 Å². The summed E-state index contributed by atoms with van der Waals surface area (Å²) >= 11 is 0. The van der Waals surface area contributed by atoms with E-state index in [1.165, 1.54) is 34.1 Å². The lowest BCUT2D eigenvalue weighted by molar-refractivity contribution is -0.132. The van der Waals surface area contributed by atoms with Crippen LogP contribution in [0.2, 0.25) is 0 Å². The van der Waals surface area contributed by atoms with Gasteiger partial charge < -0.3 is 37.2 Å². The quantitative estimate of drug-likeness (QED) is 0.125. The van der Waals surface area contributed by atoms with Crippen molar-refractivity contribution in [1.29, 1.82) is 0 Å². The second-order valence-electron chi connectivity index (χ2n) is 9.87. The van der Waals surface area contributed by atoms with Gasteiger partial charge in [-0.05, 0) is 47.3 Å². The molecule has 3 heterocycles. The molecule has 6 aromatic rings. The van der Waals surface area contributed by atoms with E-state index in [1.807, 2.05) is 12.1 Å². The summed E-state index contributed by atoms with van der Waals surface area (Å²) in [5.74, 6) is 0.929. The van der Waals surface area contributed by atoms with Crippen LogP contribution in [0.25, 0.3) is 49.3 Å². The number of esters is 2. The molecule has 0 aliphatic rings. The molecule has 0 unspecified atom stereocenters. The van der Waals surface area contributed by atoms with Gasteiger partial charge in [-0.3, -0.25) is 9.59 Å². The normalized spacial score (nSPS) is 11.2. The SMILES string of the molecule is COc1ccc(-c2c3c4cc(OC)c(OC(C)=O)cc4oc(=O)c3n3ccc4cc(OC(C)=O)c(OC)cc4c23)cc1OC. The minimum Gasteiger partial charge on any atom is -0.493 e. The molecule has 0 atom stereocenters. The molecule has 6 rings (SSSR count). The molecular weight excluding hydrogens is 570 g/mol. The molecule has 0 aliphatic heterocycles. The third kappa shape index (κ3) is 4.49. The number of rotatable bonds is 7. The standard InChI is InChI=1S/C33H27NO10/c1-16(35)42-27-11-18-9-10-34-31(20(18)13-25(27)40-5)29(19-7-8-22(38-3)24(12-19)39-4)30-21-14-26(41-6)28(43-17(2)36)15-23(21)44-33(37)32(30)34/h7-15H,1-6H3. The summed E-state index contributed by atoms with van der Waals surface area (Å²) in [6, 6.07) is 13.9. The Bertz CT molecular complexity index is 2210. The number of fused-ring (bicyclic) bond motifs is 7. The van der Waals surface area contributed by atoms with Crippen molar-refractivity contribution in [1.82, 2.24) is 4.40 Å². The number of hydrogen-bond acceptors (Lipinski definition) is 10. The van der Waals surface area contributed by atoms with Crippen LogP contribution in [0.15, 0.2) is 63.9 Å². The molecule has 11 nitrogen and oxygen atoms in total. The summed E-state index contributed by atoms with van der Waals surface area (Å²) in [7, 11) is 6.02. The van der Waals surface area contributed by atoms with Gasteiger partial charge in [0.1, 0.15) is 11.1 Å². The zero-order chi connectivity index (χ0) is 31.3. The van der Waals surface area contributed by atoms with Crippen LogP contribution in [0.5, 0.6) is 34.5 Å². The zero-order valence-electron chi connectivity index (χ0n) is 24.7. The maximum Gasteiger partial charge on any atom is 0.361 e. The molecule has 11 heteroatoms. The number of carbonyl (C=O) groups is 2. The average Bonchev–Trinajstić information content (AvgIpc) is 3.36. The minimum absolute atomic E-state index is 0.111. The number of pyridine rings is 1. The Kier molecular flexibility index (Phi) is 7.00. The molecule has 0 fully saturated rings. The van der Waals surface area contributed by atoms with E-state index in [2.05, 4.69) is 0 Å². The fourth-order valence-corrected chi connectivity index (χ4v) is 5.57. The molecule has 224 valence electrons. The van der Waals surface area contributed by atoms with Gasteiger partial charge in [0.05, 0.1) is 34.0 Å². The molecule has 3 aromatic carbocycles. The van der Waals surface area contributed by atoms with Gasteiger partial charge in [-0.1, -0.05) is 6.07 Å². The van der Waals surface area contributed by atoms with E-state index in [0.717, 1.165) is 5.39 Å². The van der Waals surface area contributed by atoms with Crippen molar-refractivity contribution in [3.05, 3.63) is 65.1 Å². The highest BCUT2D eigenvalue weighted by Crippen LogP contribution is 2.46.